The van der Waals surface area contributed by atoms with E-state index in [1.807, 2.05) is 26.0 Å². The summed E-state index contributed by atoms with van der Waals surface area (Å²) in [4.78, 5) is 14.6. The van der Waals surface area contributed by atoms with Crippen LogP contribution < -0.4 is 4.74 Å². The van der Waals surface area contributed by atoms with Crippen LogP contribution in [-0.4, -0.2) is 69.3 Å². The molecule has 10 nitrogen and oxygen atoms in total. The molecule has 3 aromatic rings. The number of nitrogens with zero attached hydrogens (tertiary/aromatic N) is 6. The topological polar surface area (TPSA) is 103 Å². The highest BCUT2D eigenvalue weighted by atomic mass is 32.2. The van der Waals surface area contributed by atoms with Crippen LogP contribution in [0.2, 0.25) is 0 Å². The second-order valence-corrected chi connectivity index (χ2v) is 9.82. The van der Waals surface area contributed by atoms with Gasteiger partial charge in [0.2, 0.25) is 10.0 Å². The van der Waals surface area contributed by atoms with Crippen molar-refractivity contribution in [1.29, 1.82) is 0 Å². The van der Waals surface area contributed by atoms with Gasteiger partial charge in [-0.05, 0) is 43.2 Å². The van der Waals surface area contributed by atoms with Crippen LogP contribution in [0.1, 0.15) is 21.6 Å². The molecule has 3 heterocycles. The molecular formula is C21H26N6O4S. The maximum Gasteiger partial charge on any atom is 0.274 e. The molecule has 1 aliphatic rings. The minimum atomic E-state index is -3.62. The van der Waals surface area contributed by atoms with E-state index in [4.69, 9.17) is 4.74 Å². The largest absolute Gasteiger partial charge is 0.471 e. The second-order valence-electron chi connectivity index (χ2n) is 7.88. The van der Waals surface area contributed by atoms with E-state index in [0.717, 1.165) is 16.9 Å². The van der Waals surface area contributed by atoms with Crippen LogP contribution in [0.15, 0.2) is 47.8 Å². The van der Waals surface area contributed by atoms with E-state index in [1.165, 1.54) is 21.4 Å². The van der Waals surface area contributed by atoms with Crippen molar-refractivity contribution in [2.24, 2.45) is 7.05 Å². The number of hydrogen-bond acceptors (Lipinski definition) is 6. The van der Waals surface area contributed by atoms with Gasteiger partial charge in [0.15, 0.2) is 12.4 Å². The Kier molecular flexibility index (Phi) is 6.02. The Morgan fingerprint density at radius 3 is 2.41 bits per heavy atom. The first-order valence-electron chi connectivity index (χ1n) is 10.2. The van der Waals surface area contributed by atoms with Gasteiger partial charge in [-0.3, -0.25) is 9.48 Å². The smallest absolute Gasteiger partial charge is 0.274 e. The fourth-order valence-electron chi connectivity index (χ4n) is 3.68. The summed E-state index contributed by atoms with van der Waals surface area (Å²) in [5.41, 5.74) is 2.53. The van der Waals surface area contributed by atoms with Crippen LogP contribution in [-0.2, 0) is 23.8 Å². The monoisotopic (exact) mass is 458 g/mol. The van der Waals surface area contributed by atoms with Crippen LogP contribution in [0.4, 0.5) is 0 Å². The average molecular weight is 459 g/mol. The van der Waals surface area contributed by atoms with Crippen molar-refractivity contribution < 1.29 is 17.9 Å². The molecule has 0 saturated carbocycles. The summed E-state index contributed by atoms with van der Waals surface area (Å²) < 4.78 is 35.6. The van der Waals surface area contributed by atoms with Gasteiger partial charge in [-0.15, -0.1) is 0 Å². The summed E-state index contributed by atoms with van der Waals surface area (Å²) in [6, 6.07) is 7.61. The molecule has 0 N–H and O–H groups in total. The molecule has 1 aromatic carbocycles. The number of aryl methyl sites for hydroxylation is 3. The summed E-state index contributed by atoms with van der Waals surface area (Å²) >= 11 is 0. The highest BCUT2D eigenvalue weighted by Crippen LogP contribution is 2.18. The molecule has 170 valence electrons. The van der Waals surface area contributed by atoms with Crippen molar-refractivity contribution >= 4 is 15.9 Å². The molecular weight excluding hydrogens is 432 g/mol. The van der Waals surface area contributed by atoms with Crippen molar-refractivity contribution in [3.05, 3.63) is 59.7 Å². The lowest BCUT2D eigenvalue weighted by molar-refractivity contribution is 0.0690. The van der Waals surface area contributed by atoms with E-state index in [2.05, 4.69) is 16.3 Å². The van der Waals surface area contributed by atoms with Gasteiger partial charge in [0.05, 0.1) is 6.20 Å². The standard InChI is InChI=1S/C21H26N6O4S/c1-16-10-17(2)12-18(11-16)31-15-26-5-4-20(23-26)21(28)25-6-8-27(9-7-25)32(29,30)19-13-22-24(3)14-19/h4-5,10-14H,6-9,15H2,1-3H3. The molecule has 32 heavy (non-hydrogen) atoms. The minimum Gasteiger partial charge on any atom is -0.471 e. The SMILES string of the molecule is Cc1cc(C)cc(OCn2ccc(C(=O)N3CCN(S(=O)(=O)c4cnn(C)c4)CC3)n2)c1. The van der Waals surface area contributed by atoms with Crippen LogP contribution in [0.25, 0.3) is 0 Å². The van der Waals surface area contributed by atoms with Crippen molar-refractivity contribution in [2.75, 3.05) is 26.2 Å². The van der Waals surface area contributed by atoms with Crippen molar-refractivity contribution in [3.8, 4) is 5.75 Å². The van der Waals surface area contributed by atoms with Gasteiger partial charge in [0, 0.05) is 45.6 Å². The van der Waals surface area contributed by atoms with E-state index in [-0.39, 0.29) is 30.6 Å². The zero-order valence-electron chi connectivity index (χ0n) is 18.3. The Balaban J connectivity index is 1.34. The molecule has 0 spiro atoms. The highest BCUT2D eigenvalue weighted by Gasteiger charge is 2.31. The summed E-state index contributed by atoms with van der Waals surface area (Å²) in [7, 11) is -1.95. The lowest BCUT2D eigenvalue weighted by atomic mass is 10.1. The normalized spacial score (nSPS) is 15.2. The summed E-state index contributed by atoms with van der Waals surface area (Å²) in [5.74, 6) is 0.519. The quantitative estimate of drug-likeness (QED) is 0.554. The zero-order chi connectivity index (χ0) is 22.9. The predicted molar refractivity (Wildman–Crippen MR) is 117 cm³/mol. The first-order valence-corrected chi connectivity index (χ1v) is 11.7. The Bertz CT molecular complexity index is 1200. The fraction of sp³-hybridized carbons (Fsp3) is 0.381. The number of rotatable bonds is 6. The van der Waals surface area contributed by atoms with E-state index in [1.54, 1.807) is 28.9 Å². The lowest BCUT2D eigenvalue weighted by Crippen LogP contribution is -2.50. The molecule has 11 heteroatoms. The molecule has 2 aromatic heterocycles. The number of piperazine rings is 1. The van der Waals surface area contributed by atoms with Gasteiger partial charge >= 0.3 is 0 Å². The van der Waals surface area contributed by atoms with Gasteiger partial charge in [0.25, 0.3) is 5.91 Å². The molecule has 0 atom stereocenters. The molecule has 1 fully saturated rings. The third kappa shape index (κ3) is 4.68. The summed E-state index contributed by atoms with van der Waals surface area (Å²) in [5, 5.41) is 8.25. The Morgan fingerprint density at radius 2 is 1.78 bits per heavy atom. The van der Waals surface area contributed by atoms with Crippen LogP contribution >= 0.6 is 0 Å². The molecule has 1 amide bonds. The Hall–Kier alpha value is -3.18. The third-order valence-corrected chi connectivity index (χ3v) is 7.11. The maximum atomic E-state index is 12.8. The van der Waals surface area contributed by atoms with Crippen molar-refractivity contribution in [1.82, 2.24) is 28.8 Å². The fourth-order valence-corrected chi connectivity index (χ4v) is 5.09. The summed E-state index contributed by atoms with van der Waals surface area (Å²) in [6.45, 7) is 5.24. The first kappa shape index (κ1) is 22.0. The number of ether oxygens (including phenoxy) is 1. The van der Waals surface area contributed by atoms with Gasteiger partial charge in [-0.1, -0.05) is 6.07 Å². The number of amides is 1. The number of carbonyl (C=O) groups is 1. The number of sulfonamides is 1. The number of benzene rings is 1. The Labute approximate surface area is 187 Å². The van der Waals surface area contributed by atoms with Gasteiger partial charge in [0.1, 0.15) is 10.6 Å². The molecule has 0 radical (unpaired) electrons. The van der Waals surface area contributed by atoms with Crippen molar-refractivity contribution in [3.63, 3.8) is 0 Å². The molecule has 1 aliphatic heterocycles. The minimum absolute atomic E-state index is 0.155. The van der Waals surface area contributed by atoms with Crippen LogP contribution in [0.5, 0.6) is 5.75 Å². The van der Waals surface area contributed by atoms with E-state index < -0.39 is 10.0 Å². The lowest BCUT2D eigenvalue weighted by Gasteiger charge is -2.33. The molecule has 1 saturated heterocycles. The van der Waals surface area contributed by atoms with E-state index in [0.29, 0.717) is 18.8 Å². The maximum absolute atomic E-state index is 12.8. The van der Waals surface area contributed by atoms with Gasteiger partial charge < -0.3 is 9.64 Å². The Morgan fingerprint density at radius 1 is 1.09 bits per heavy atom. The summed E-state index contributed by atoms with van der Waals surface area (Å²) in [6.07, 6.45) is 4.50. The predicted octanol–water partition coefficient (Wildman–Crippen LogP) is 1.42. The molecule has 4 rings (SSSR count). The van der Waals surface area contributed by atoms with Crippen LogP contribution in [0.3, 0.4) is 0 Å². The second kappa shape index (κ2) is 8.75. The van der Waals surface area contributed by atoms with Gasteiger partial charge in [-0.25, -0.2) is 13.1 Å². The van der Waals surface area contributed by atoms with Gasteiger partial charge in [-0.2, -0.15) is 14.5 Å². The highest BCUT2D eigenvalue weighted by molar-refractivity contribution is 7.89. The average Bonchev–Trinajstić information content (AvgIpc) is 3.41. The molecule has 0 unspecified atom stereocenters. The first-order chi connectivity index (χ1) is 15.2. The third-order valence-electron chi connectivity index (χ3n) is 5.26. The zero-order valence-corrected chi connectivity index (χ0v) is 19.1. The van der Waals surface area contributed by atoms with E-state index in [9.17, 15) is 13.2 Å². The van der Waals surface area contributed by atoms with Crippen molar-refractivity contribution in [2.45, 2.75) is 25.5 Å². The van der Waals surface area contributed by atoms with Crippen LogP contribution in [0, 0.1) is 13.8 Å². The number of aromatic nitrogens is 4. The molecule has 0 aliphatic carbocycles. The number of carbonyl (C=O) groups excluding carboxylic acids is 1. The number of hydrogen-bond donors (Lipinski definition) is 0. The van der Waals surface area contributed by atoms with E-state index >= 15 is 0 Å². The molecule has 0 bridgehead atoms.